The van der Waals surface area contributed by atoms with E-state index in [1.165, 1.54) is 20.0 Å². The summed E-state index contributed by atoms with van der Waals surface area (Å²) < 4.78 is 12.1. The number of anilines is 2. The van der Waals surface area contributed by atoms with E-state index in [1.54, 1.807) is 17.9 Å². The van der Waals surface area contributed by atoms with E-state index in [2.05, 4.69) is 24.5 Å². The lowest BCUT2D eigenvalue weighted by atomic mass is 9.75. The van der Waals surface area contributed by atoms with Crippen molar-refractivity contribution >= 4 is 34.3 Å². The Morgan fingerprint density at radius 2 is 1.97 bits per heavy atom. The van der Waals surface area contributed by atoms with Crippen molar-refractivity contribution in [1.82, 2.24) is 9.55 Å². The van der Waals surface area contributed by atoms with Gasteiger partial charge in [-0.25, -0.2) is 9.78 Å². The van der Waals surface area contributed by atoms with Gasteiger partial charge in [-0.2, -0.15) is 0 Å². The third kappa shape index (κ3) is 5.87. The molecule has 0 bridgehead atoms. The number of benzene rings is 1. The van der Waals surface area contributed by atoms with Crippen molar-refractivity contribution in [3.63, 3.8) is 0 Å². The van der Waals surface area contributed by atoms with Gasteiger partial charge in [-0.05, 0) is 36.3 Å². The fraction of sp³-hybridized carbons (Fsp3) is 0.464. The lowest BCUT2D eigenvalue weighted by Gasteiger charge is -2.36. The van der Waals surface area contributed by atoms with E-state index in [4.69, 9.17) is 14.5 Å². The van der Waals surface area contributed by atoms with Gasteiger partial charge in [0.2, 0.25) is 5.91 Å². The fourth-order valence-corrected chi connectivity index (χ4v) is 5.16. The molecule has 1 aliphatic carbocycles. The summed E-state index contributed by atoms with van der Waals surface area (Å²) in [6.45, 7) is 5.38. The molecule has 36 heavy (non-hydrogen) atoms. The van der Waals surface area contributed by atoms with Crippen molar-refractivity contribution in [2.75, 3.05) is 31.5 Å². The van der Waals surface area contributed by atoms with Gasteiger partial charge in [-0.3, -0.25) is 4.79 Å². The lowest BCUT2D eigenvalue weighted by molar-refractivity contribution is -0.115. The van der Waals surface area contributed by atoms with E-state index < -0.39 is 5.97 Å². The Morgan fingerprint density at radius 1 is 1.19 bits per heavy atom. The van der Waals surface area contributed by atoms with E-state index in [1.807, 2.05) is 36.4 Å². The standard InChI is InChI=1S/C28H36N4O4/c1-28(2)12-8-11-20(17-28)30-21-16-22-24(31-23(33)15-19-9-6-5-7-10-19)25(27(34)36-4)32(13-14-35-3)26(22)29-18-21/h5-7,9-10,16,18,20,30H,8,11-15,17H2,1-4H3,(H,31,33)/t20-/m1/s1. The minimum Gasteiger partial charge on any atom is -0.464 e. The van der Waals surface area contributed by atoms with Gasteiger partial charge in [0.05, 0.1) is 37.7 Å². The maximum Gasteiger partial charge on any atom is 0.356 e. The molecule has 2 heterocycles. The molecule has 4 rings (SSSR count). The number of nitrogens with one attached hydrogen (secondary N) is 2. The Labute approximate surface area is 212 Å². The van der Waals surface area contributed by atoms with E-state index in [0.29, 0.717) is 41.3 Å². The molecule has 2 N–H and O–H groups in total. The zero-order valence-electron chi connectivity index (χ0n) is 21.6. The molecule has 0 unspecified atom stereocenters. The first-order valence-electron chi connectivity index (χ1n) is 12.5. The highest BCUT2D eigenvalue weighted by molar-refractivity contribution is 6.11. The zero-order chi connectivity index (χ0) is 25.7. The van der Waals surface area contributed by atoms with E-state index in [0.717, 1.165) is 24.1 Å². The Bertz CT molecular complexity index is 1220. The van der Waals surface area contributed by atoms with Crippen molar-refractivity contribution < 1.29 is 19.1 Å². The number of pyridine rings is 1. The van der Waals surface area contributed by atoms with E-state index >= 15 is 0 Å². The second-order valence-corrected chi connectivity index (χ2v) is 10.3. The molecular weight excluding hydrogens is 456 g/mol. The maximum absolute atomic E-state index is 13.1. The van der Waals surface area contributed by atoms with Crippen LogP contribution in [0.15, 0.2) is 42.6 Å². The minimum absolute atomic E-state index is 0.189. The summed E-state index contributed by atoms with van der Waals surface area (Å²) in [6.07, 6.45) is 6.57. The van der Waals surface area contributed by atoms with Gasteiger partial charge >= 0.3 is 5.97 Å². The summed E-state index contributed by atoms with van der Waals surface area (Å²) in [5, 5.41) is 7.32. The Balaban J connectivity index is 1.73. The monoisotopic (exact) mass is 492 g/mol. The van der Waals surface area contributed by atoms with Crippen LogP contribution in [0.5, 0.6) is 0 Å². The Hall–Kier alpha value is -3.39. The van der Waals surface area contributed by atoms with Crippen LogP contribution < -0.4 is 10.6 Å². The lowest BCUT2D eigenvalue weighted by Crippen LogP contribution is -2.31. The molecule has 0 aliphatic heterocycles. The topological polar surface area (TPSA) is 94.5 Å². The van der Waals surface area contributed by atoms with Crippen LogP contribution in [-0.2, 0) is 27.2 Å². The molecule has 0 spiro atoms. The zero-order valence-corrected chi connectivity index (χ0v) is 21.6. The average Bonchev–Trinajstić information content (AvgIpc) is 3.14. The maximum atomic E-state index is 13.1. The SMILES string of the molecule is COCCn1c(C(=O)OC)c(NC(=O)Cc2ccccc2)c2cc(N[C@@H]3CCCC(C)(C)C3)cnc21. The van der Waals surface area contributed by atoms with Crippen LogP contribution in [0.2, 0.25) is 0 Å². The number of ether oxygens (including phenoxy) is 2. The van der Waals surface area contributed by atoms with Crippen LogP contribution in [0, 0.1) is 5.41 Å². The van der Waals surface area contributed by atoms with Crippen molar-refractivity contribution in [2.24, 2.45) is 5.41 Å². The van der Waals surface area contributed by atoms with Crippen LogP contribution in [0.4, 0.5) is 11.4 Å². The molecule has 0 radical (unpaired) electrons. The summed E-state index contributed by atoms with van der Waals surface area (Å²) in [7, 11) is 2.94. The van der Waals surface area contributed by atoms with Gasteiger partial charge in [-0.1, -0.05) is 50.6 Å². The number of methoxy groups -OCH3 is 2. The van der Waals surface area contributed by atoms with Crippen LogP contribution in [0.1, 0.15) is 55.6 Å². The number of aromatic nitrogens is 2. The quantitative estimate of drug-likeness (QED) is 0.407. The second-order valence-electron chi connectivity index (χ2n) is 10.3. The average molecular weight is 493 g/mol. The molecule has 8 nitrogen and oxygen atoms in total. The summed E-state index contributed by atoms with van der Waals surface area (Å²) in [6, 6.07) is 11.8. The molecule has 2 aromatic heterocycles. The molecule has 1 aliphatic rings. The van der Waals surface area contributed by atoms with Gasteiger partial charge in [-0.15, -0.1) is 0 Å². The first-order valence-corrected chi connectivity index (χ1v) is 12.5. The van der Waals surface area contributed by atoms with E-state index in [9.17, 15) is 9.59 Å². The van der Waals surface area contributed by atoms with Crippen molar-refractivity contribution in [3.8, 4) is 0 Å². The number of carbonyl (C=O) groups excluding carboxylic acids is 2. The van der Waals surface area contributed by atoms with Crippen LogP contribution in [0.25, 0.3) is 11.0 Å². The van der Waals surface area contributed by atoms with Gasteiger partial charge < -0.3 is 24.7 Å². The summed E-state index contributed by atoms with van der Waals surface area (Å²) in [4.78, 5) is 30.7. The number of nitrogens with zero attached hydrogens (tertiary/aromatic N) is 2. The van der Waals surface area contributed by atoms with Crippen LogP contribution in [-0.4, -0.2) is 48.3 Å². The highest BCUT2D eigenvalue weighted by Gasteiger charge is 2.29. The predicted molar refractivity (Wildman–Crippen MR) is 141 cm³/mol. The molecule has 1 amide bonds. The highest BCUT2D eigenvalue weighted by atomic mass is 16.5. The summed E-state index contributed by atoms with van der Waals surface area (Å²) in [5.74, 6) is -0.757. The number of carbonyl (C=O) groups is 2. The Morgan fingerprint density at radius 3 is 2.67 bits per heavy atom. The van der Waals surface area contributed by atoms with Crippen LogP contribution in [0.3, 0.4) is 0 Å². The largest absolute Gasteiger partial charge is 0.464 e. The summed E-state index contributed by atoms with van der Waals surface area (Å²) >= 11 is 0. The first-order chi connectivity index (χ1) is 17.3. The summed E-state index contributed by atoms with van der Waals surface area (Å²) in [5.41, 5.74) is 3.31. The molecule has 1 fully saturated rings. The molecule has 1 aromatic carbocycles. The molecule has 1 saturated carbocycles. The molecule has 3 aromatic rings. The fourth-order valence-electron chi connectivity index (χ4n) is 5.16. The normalized spacial score (nSPS) is 17.1. The third-order valence-corrected chi connectivity index (χ3v) is 6.84. The number of hydrogen-bond acceptors (Lipinski definition) is 6. The van der Waals surface area contributed by atoms with Gasteiger partial charge in [0.1, 0.15) is 5.65 Å². The minimum atomic E-state index is -0.539. The Kier molecular flexibility index (Phi) is 7.94. The highest BCUT2D eigenvalue weighted by Crippen LogP contribution is 2.37. The number of fused-ring (bicyclic) bond motifs is 1. The van der Waals surface area contributed by atoms with Gasteiger partial charge in [0.15, 0.2) is 5.69 Å². The van der Waals surface area contributed by atoms with Crippen LogP contribution >= 0.6 is 0 Å². The first kappa shape index (κ1) is 25.7. The van der Waals surface area contributed by atoms with Crippen molar-refractivity contribution in [1.29, 1.82) is 0 Å². The van der Waals surface area contributed by atoms with Gasteiger partial charge in [0.25, 0.3) is 0 Å². The third-order valence-electron chi connectivity index (χ3n) is 6.84. The number of hydrogen-bond donors (Lipinski definition) is 2. The second kappa shape index (κ2) is 11.1. The smallest absolute Gasteiger partial charge is 0.356 e. The molecule has 8 heteroatoms. The molecule has 1 atom stereocenters. The number of amides is 1. The van der Waals surface area contributed by atoms with Crippen molar-refractivity contribution in [2.45, 2.75) is 58.5 Å². The van der Waals surface area contributed by atoms with Crippen molar-refractivity contribution in [3.05, 3.63) is 53.9 Å². The van der Waals surface area contributed by atoms with Gasteiger partial charge in [0, 0.05) is 25.1 Å². The molecular formula is C28H36N4O4. The van der Waals surface area contributed by atoms with E-state index in [-0.39, 0.29) is 18.0 Å². The number of rotatable bonds is 9. The predicted octanol–water partition coefficient (Wildman–Crippen LogP) is 5.03. The molecule has 0 saturated heterocycles. The number of esters is 1. The molecule has 192 valence electrons.